The standard InChI is InChI=1S/C16H14Cl2N2O3/c1-20(2)16(21)19-9-6-7-12-13(8-9)23-15(22-12)14-10(17)4-3-5-11(14)18/h3-8,15H,1-2H3,(H,19,21). The topological polar surface area (TPSA) is 50.8 Å². The van der Waals surface area contributed by atoms with Crippen LogP contribution in [0.15, 0.2) is 36.4 Å². The molecular weight excluding hydrogens is 339 g/mol. The molecule has 120 valence electrons. The van der Waals surface area contributed by atoms with Gasteiger partial charge in [-0.1, -0.05) is 29.3 Å². The van der Waals surface area contributed by atoms with Crippen molar-refractivity contribution in [1.29, 1.82) is 0 Å². The van der Waals surface area contributed by atoms with Crippen molar-refractivity contribution < 1.29 is 14.3 Å². The highest BCUT2D eigenvalue weighted by Gasteiger charge is 2.29. The van der Waals surface area contributed by atoms with Crippen molar-refractivity contribution >= 4 is 34.9 Å². The van der Waals surface area contributed by atoms with Crippen LogP contribution in [0.5, 0.6) is 11.5 Å². The first-order valence-corrected chi connectivity index (χ1v) is 7.61. The quantitative estimate of drug-likeness (QED) is 0.861. The number of halogens is 2. The van der Waals surface area contributed by atoms with Crippen LogP contribution in [0.1, 0.15) is 11.9 Å². The van der Waals surface area contributed by atoms with Crippen molar-refractivity contribution in [1.82, 2.24) is 4.90 Å². The average Bonchev–Trinajstić information content (AvgIpc) is 2.89. The van der Waals surface area contributed by atoms with Crippen molar-refractivity contribution in [2.24, 2.45) is 0 Å². The van der Waals surface area contributed by atoms with Crippen LogP contribution in [0.2, 0.25) is 10.0 Å². The fourth-order valence-electron chi connectivity index (χ4n) is 2.12. The summed E-state index contributed by atoms with van der Waals surface area (Å²) in [4.78, 5) is 13.1. The second-order valence-corrected chi connectivity index (χ2v) is 6.00. The van der Waals surface area contributed by atoms with Crippen LogP contribution < -0.4 is 14.8 Å². The molecule has 1 N–H and O–H groups in total. The zero-order valence-corrected chi connectivity index (χ0v) is 14.0. The van der Waals surface area contributed by atoms with Gasteiger partial charge in [0.05, 0.1) is 15.6 Å². The number of ether oxygens (including phenoxy) is 2. The molecule has 2 amide bonds. The smallest absolute Gasteiger partial charge is 0.321 e. The maximum absolute atomic E-state index is 11.7. The van der Waals surface area contributed by atoms with Crippen LogP contribution in [-0.4, -0.2) is 25.0 Å². The van der Waals surface area contributed by atoms with Gasteiger partial charge < -0.3 is 19.7 Å². The molecule has 0 aliphatic carbocycles. The molecule has 1 heterocycles. The molecule has 0 fully saturated rings. The third kappa shape index (κ3) is 3.16. The highest BCUT2D eigenvalue weighted by molar-refractivity contribution is 6.36. The Hall–Kier alpha value is -2.11. The Morgan fingerprint density at radius 1 is 1.09 bits per heavy atom. The Bertz CT molecular complexity index is 745. The molecule has 1 atom stereocenters. The van der Waals surface area contributed by atoms with Crippen LogP contribution in [0.3, 0.4) is 0 Å². The number of nitrogens with one attached hydrogen (secondary N) is 1. The predicted octanol–water partition coefficient (Wildman–Crippen LogP) is 4.56. The maximum Gasteiger partial charge on any atom is 0.321 e. The van der Waals surface area contributed by atoms with E-state index < -0.39 is 6.29 Å². The van der Waals surface area contributed by atoms with E-state index in [9.17, 15) is 4.79 Å². The number of hydrogen-bond acceptors (Lipinski definition) is 3. The van der Waals surface area contributed by atoms with Crippen molar-refractivity contribution in [2.75, 3.05) is 19.4 Å². The van der Waals surface area contributed by atoms with Gasteiger partial charge in [-0.3, -0.25) is 0 Å². The molecule has 1 aliphatic heterocycles. The van der Waals surface area contributed by atoms with Gasteiger partial charge >= 0.3 is 6.03 Å². The van der Waals surface area contributed by atoms with Crippen LogP contribution in [0, 0.1) is 0 Å². The van der Waals surface area contributed by atoms with Gasteiger partial charge in [0.2, 0.25) is 0 Å². The zero-order valence-electron chi connectivity index (χ0n) is 12.5. The first kappa shape index (κ1) is 15.8. The highest BCUT2D eigenvalue weighted by atomic mass is 35.5. The van der Waals surface area contributed by atoms with E-state index in [0.717, 1.165) is 0 Å². The summed E-state index contributed by atoms with van der Waals surface area (Å²) in [6, 6.07) is 10.1. The minimum atomic E-state index is -0.717. The molecule has 5 nitrogen and oxygen atoms in total. The lowest BCUT2D eigenvalue weighted by Crippen LogP contribution is -2.27. The first-order valence-electron chi connectivity index (χ1n) is 6.85. The van der Waals surface area contributed by atoms with Crippen molar-refractivity contribution in [3.8, 4) is 11.5 Å². The lowest BCUT2D eigenvalue weighted by atomic mass is 10.2. The van der Waals surface area contributed by atoms with Gasteiger partial charge in [0, 0.05) is 25.8 Å². The third-order valence-electron chi connectivity index (χ3n) is 3.30. The molecular formula is C16H14Cl2N2O3. The molecule has 0 radical (unpaired) electrons. The molecule has 3 rings (SSSR count). The molecule has 0 spiro atoms. The average molecular weight is 353 g/mol. The molecule has 1 aliphatic rings. The second-order valence-electron chi connectivity index (χ2n) is 5.19. The Morgan fingerprint density at radius 2 is 1.74 bits per heavy atom. The van der Waals surface area contributed by atoms with Gasteiger partial charge in [-0.25, -0.2) is 4.79 Å². The van der Waals surface area contributed by atoms with Crippen LogP contribution in [0.4, 0.5) is 10.5 Å². The van der Waals surface area contributed by atoms with E-state index >= 15 is 0 Å². The SMILES string of the molecule is CN(C)C(=O)Nc1ccc2c(c1)OC(c1c(Cl)cccc1Cl)O2. The summed E-state index contributed by atoms with van der Waals surface area (Å²) < 4.78 is 11.5. The van der Waals surface area contributed by atoms with Gasteiger partial charge in [-0.15, -0.1) is 0 Å². The first-order chi connectivity index (χ1) is 11.0. The Kier molecular flexibility index (Phi) is 4.24. The fraction of sp³-hybridized carbons (Fsp3) is 0.188. The number of rotatable bonds is 2. The molecule has 2 aromatic rings. The van der Waals surface area contributed by atoms with Gasteiger partial charge in [0.1, 0.15) is 0 Å². The number of benzene rings is 2. The summed E-state index contributed by atoms with van der Waals surface area (Å²) in [5.41, 5.74) is 1.18. The molecule has 0 saturated carbocycles. The van der Waals surface area contributed by atoms with Gasteiger partial charge in [-0.05, 0) is 24.3 Å². The second kappa shape index (κ2) is 6.18. The van der Waals surface area contributed by atoms with E-state index in [4.69, 9.17) is 32.7 Å². The number of nitrogens with zero attached hydrogens (tertiary/aromatic N) is 1. The summed E-state index contributed by atoms with van der Waals surface area (Å²) >= 11 is 12.4. The van der Waals surface area contributed by atoms with Crippen LogP contribution in [0.25, 0.3) is 0 Å². The molecule has 23 heavy (non-hydrogen) atoms. The van der Waals surface area contributed by atoms with Crippen molar-refractivity contribution in [3.05, 3.63) is 52.0 Å². The van der Waals surface area contributed by atoms with E-state index in [1.165, 1.54) is 4.90 Å². The number of fused-ring (bicyclic) bond motifs is 1. The highest BCUT2D eigenvalue weighted by Crippen LogP contribution is 2.44. The number of hydrogen-bond donors (Lipinski definition) is 1. The molecule has 0 aromatic heterocycles. The summed E-state index contributed by atoms with van der Waals surface area (Å²) in [5.74, 6) is 1.08. The molecule has 1 unspecified atom stereocenters. The van der Waals surface area contributed by atoms with E-state index in [-0.39, 0.29) is 6.03 Å². The van der Waals surface area contributed by atoms with E-state index in [1.54, 1.807) is 50.5 Å². The zero-order chi connectivity index (χ0) is 16.6. The minimum Gasteiger partial charge on any atom is -0.447 e. The van der Waals surface area contributed by atoms with E-state index in [1.807, 2.05) is 0 Å². The Morgan fingerprint density at radius 3 is 2.39 bits per heavy atom. The minimum absolute atomic E-state index is 0.227. The number of urea groups is 1. The maximum atomic E-state index is 11.7. The largest absolute Gasteiger partial charge is 0.447 e. The van der Waals surface area contributed by atoms with E-state index in [2.05, 4.69) is 5.32 Å². The molecule has 7 heteroatoms. The molecule has 0 saturated heterocycles. The van der Waals surface area contributed by atoms with Crippen LogP contribution in [-0.2, 0) is 0 Å². The Labute approximate surface area is 143 Å². The fourth-order valence-corrected chi connectivity index (χ4v) is 2.69. The van der Waals surface area contributed by atoms with E-state index in [0.29, 0.717) is 32.8 Å². The Balaban J connectivity index is 1.83. The normalized spacial score (nSPS) is 15.4. The number of carbonyl (C=O) groups is 1. The van der Waals surface area contributed by atoms with Crippen LogP contribution >= 0.6 is 23.2 Å². The molecule has 2 aromatic carbocycles. The van der Waals surface area contributed by atoms with Crippen molar-refractivity contribution in [3.63, 3.8) is 0 Å². The molecule has 0 bridgehead atoms. The summed E-state index contributed by atoms with van der Waals surface area (Å²) in [6.07, 6.45) is -0.717. The number of anilines is 1. The number of amides is 2. The van der Waals surface area contributed by atoms with Gasteiger partial charge in [-0.2, -0.15) is 0 Å². The third-order valence-corrected chi connectivity index (χ3v) is 3.96. The monoisotopic (exact) mass is 352 g/mol. The van der Waals surface area contributed by atoms with Crippen molar-refractivity contribution in [2.45, 2.75) is 6.29 Å². The summed E-state index contributed by atoms with van der Waals surface area (Å²) in [6.45, 7) is 0. The lowest BCUT2D eigenvalue weighted by molar-refractivity contribution is 0.0489. The van der Waals surface area contributed by atoms with Gasteiger partial charge in [0.15, 0.2) is 11.5 Å². The summed E-state index contributed by atoms with van der Waals surface area (Å²) in [5, 5.41) is 3.69. The number of carbonyl (C=O) groups excluding carboxylic acids is 1. The summed E-state index contributed by atoms with van der Waals surface area (Å²) in [7, 11) is 3.33. The van der Waals surface area contributed by atoms with Gasteiger partial charge in [0.25, 0.3) is 6.29 Å². The predicted molar refractivity (Wildman–Crippen MR) is 89.6 cm³/mol. The lowest BCUT2D eigenvalue weighted by Gasteiger charge is -2.13.